The third-order valence-corrected chi connectivity index (χ3v) is 5.92. The molecule has 0 spiro atoms. The molecule has 2 N–H and O–H groups in total. The summed E-state index contributed by atoms with van der Waals surface area (Å²) in [7, 11) is 0. The van der Waals surface area contributed by atoms with E-state index in [4.69, 9.17) is 51.1 Å². The van der Waals surface area contributed by atoms with Crippen LogP contribution in [0.15, 0.2) is 71.8 Å². The van der Waals surface area contributed by atoms with Crippen molar-refractivity contribution < 1.29 is 14.3 Å². The van der Waals surface area contributed by atoms with Gasteiger partial charge in [0.05, 0.1) is 16.3 Å². The third kappa shape index (κ3) is 8.15. The number of benzene rings is 3. The lowest BCUT2D eigenvalue weighted by Gasteiger charge is -2.21. The largest absolute Gasteiger partial charge is 0.479 e. The van der Waals surface area contributed by atoms with Crippen LogP contribution in [-0.4, -0.2) is 30.2 Å². The highest BCUT2D eigenvalue weighted by Gasteiger charge is 2.25. The number of hydrazone groups is 1. The molecule has 0 unspecified atom stereocenters. The van der Waals surface area contributed by atoms with Gasteiger partial charge in [0.15, 0.2) is 6.10 Å². The van der Waals surface area contributed by atoms with Crippen LogP contribution in [0.1, 0.15) is 18.1 Å². The lowest BCUT2D eigenvalue weighted by Crippen LogP contribution is -2.50. The van der Waals surface area contributed by atoms with Crippen LogP contribution in [0, 0.1) is 0 Å². The molecule has 0 aliphatic rings. The standard InChI is InChI=1S/C25H21Cl4N3O3/c1-15(35-23-10-9-19(27)13-21(23)29)24(33)31-22(11-16-5-3-2-4-6-16)25(34)32-30-14-17-7-8-18(26)12-20(17)28/h2-10,12-15,22H,11H2,1H3,(H,31,33)(H,32,34)/b30-14-/t15-,22+/m1/s1. The highest BCUT2D eigenvalue weighted by atomic mass is 35.5. The van der Waals surface area contributed by atoms with Crippen LogP contribution >= 0.6 is 46.4 Å². The van der Waals surface area contributed by atoms with E-state index >= 15 is 0 Å². The van der Waals surface area contributed by atoms with Crippen LogP contribution in [0.2, 0.25) is 20.1 Å². The van der Waals surface area contributed by atoms with Gasteiger partial charge in [0.2, 0.25) is 0 Å². The van der Waals surface area contributed by atoms with Gasteiger partial charge in [0.25, 0.3) is 11.8 Å². The molecule has 10 heteroatoms. The molecule has 35 heavy (non-hydrogen) atoms. The van der Waals surface area contributed by atoms with Gasteiger partial charge in [-0.1, -0.05) is 82.8 Å². The van der Waals surface area contributed by atoms with Crippen LogP contribution in [-0.2, 0) is 16.0 Å². The Labute approximate surface area is 223 Å². The first-order chi connectivity index (χ1) is 16.7. The zero-order chi connectivity index (χ0) is 25.4. The van der Waals surface area contributed by atoms with E-state index < -0.39 is 24.0 Å². The Morgan fingerprint density at radius 3 is 2.23 bits per heavy atom. The highest BCUT2D eigenvalue weighted by molar-refractivity contribution is 6.36. The van der Waals surface area contributed by atoms with Gasteiger partial charge in [0.1, 0.15) is 11.8 Å². The molecule has 0 bridgehead atoms. The molecule has 2 amide bonds. The van der Waals surface area contributed by atoms with Gasteiger partial charge >= 0.3 is 0 Å². The fourth-order valence-corrected chi connectivity index (χ4v) is 3.92. The summed E-state index contributed by atoms with van der Waals surface area (Å²) in [4.78, 5) is 25.8. The molecule has 0 saturated carbocycles. The monoisotopic (exact) mass is 551 g/mol. The van der Waals surface area contributed by atoms with Crippen molar-refractivity contribution in [3.63, 3.8) is 0 Å². The van der Waals surface area contributed by atoms with E-state index in [1.54, 1.807) is 37.3 Å². The van der Waals surface area contributed by atoms with E-state index in [0.29, 0.717) is 26.4 Å². The lowest BCUT2D eigenvalue weighted by molar-refractivity contribution is -0.132. The normalized spacial score (nSPS) is 12.7. The first-order valence-electron chi connectivity index (χ1n) is 10.5. The van der Waals surface area contributed by atoms with Gasteiger partial charge in [-0.2, -0.15) is 5.10 Å². The molecule has 3 aromatic rings. The summed E-state index contributed by atoms with van der Waals surface area (Å²) in [6, 6.07) is 17.9. The number of amides is 2. The smallest absolute Gasteiger partial charge is 0.262 e. The van der Waals surface area contributed by atoms with Gasteiger partial charge in [-0.3, -0.25) is 9.59 Å². The van der Waals surface area contributed by atoms with Crippen LogP contribution in [0.4, 0.5) is 0 Å². The van der Waals surface area contributed by atoms with E-state index in [-0.39, 0.29) is 11.4 Å². The molecule has 0 heterocycles. The number of carbonyl (C=O) groups is 2. The molecular weight excluding hydrogens is 532 g/mol. The third-order valence-electron chi connectivity index (χ3n) is 4.82. The molecule has 0 aliphatic heterocycles. The minimum absolute atomic E-state index is 0.240. The number of hydrogen-bond acceptors (Lipinski definition) is 4. The number of ether oxygens (including phenoxy) is 1. The molecule has 2 atom stereocenters. The second-order valence-electron chi connectivity index (χ2n) is 7.49. The number of halogens is 4. The molecule has 0 aromatic heterocycles. The van der Waals surface area contributed by atoms with E-state index in [2.05, 4.69) is 15.8 Å². The molecule has 3 aromatic carbocycles. The topological polar surface area (TPSA) is 79.8 Å². The summed E-state index contributed by atoms with van der Waals surface area (Å²) in [6.07, 6.45) is 0.701. The van der Waals surface area contributed by atoms with Gasteiger partial charge < -0.3 is 10.1 Å². The Morgan fingerprint density at radius 1 is 0.914 bits per heavy atom. The Balaban J connectivity index is 1.70. The second kappa shape index (κ2) is 12.8. The first-order valence-corrected chi connectivity index (χ1v) is 12.0. The molecule has 0 aliphatic carbocycles. The van der Waals surface area contributed by atoms with Crippen molar-refractivity contribution in [1.29, 1.82) is 0 Å². The Hall–Kier alpha value is -2.77. The zero-order valence-electron chi connectivity index (χ0n) is 18.5. The van der Waals surface area contributed by atoms with Gasteiger partial charge in [-0.25, -0.2) is 5.43 Å². The number of rotatable bonds is 9. The van der Waals surface area contributed by atoms with E-state index in [9.17, 15) is 9.59 Å². The van der Waals surface area contributed by atoms with Crippen molar-refractivity contribution in [3.05, 3.63) is 97.9 Å². The summed E-state index contributed by atoms with van der Waals surface area (Å²) in [6.45, 7) is 1.55. The second-order valence-corrected chi connectivity index (χ2v) is 9.17. The summed E-state index contributed by atoms with van der Waals surface area (Å²) < 4.78 is 5.67. The van der Waals surface area contributed by atoms with Crippen LogP contribution in [0.5, 0.6) is 5.75 Å². The van der Waals surface area contributed by atoms with Crippen LogP contribution in [0.3, 0.4) is 0 Å². The summed E-state index contributed by atoms with van der Waals surface area (Å²) in [5.74, 6) is -0.718. The Morgan fingerprint density at radius 2 is 1.57 bits per heavy atom. The molecule has 0 radical (unpaired) electrons. The van der Waals surface area contributed by atoms with Crippen molar-refractivity contribution >= 4 is 64.4 Å². The van der Waals surface area contributed by atoms with Gasteiger partial charge in [-0.05, 0) is 42.8 Å². The summed E-state index contributed by atoms with van der Waals surface area (Å²) >= 11 is 24.1. The molecule has 182 valence electrons. The first kappa shape index (κ1) is 26.8. The molecule has 0 fully saturated rings. The average molecular weight is 553 g/mol. The van der Waals surface area contributed by atoms with Crippen molar-refractivity contribution in [2.45, 2.75) is 25.5 Å². The van der Waals surface area contributed by atoms with Crippen molar-refractivity contribution in [1.82, 2.24) is 10.7 Å². The highest BCUT2D eigenvalue weighted by Crippen LogP contribution is 2.28. The van der Waals surface area contributed by atoms with Crippen LogP contribution < -0.4 is 15.5 Å². The van der Waals surface area contributed by atoms with Gasteiger partial charge in [-0.15, -0.1) is 0 Å². The van der Waals surface area contributed by atoms with Crippen LogP contribution in [0.25, 0.3) is 0 Å². The molecule has 6 nitrogen and oxygen atoms in total. The maximum Gasteiger partial charge on any atom is 0.262 e. The Kier molecular flexibility index (Phi) is 9.81. The van der Waals surface area contributed by atoms with Crippen molar-refractivity contribution in [2.24, 2.45) is 5.10 Å². The quantitative estimate of drug-likeness (QED) is 0.254. The Bertz CT molecular complexity index is 1220. The summed E-state index contributed by atoms with van der Waals surface area (Å²) in [5.41, 5.74) is 3.88. The fraction of sp³-hybridized carbons (Fsp3) is 0.160. The van der Waals surface area contributed by atoms with E-state index in [0.717, 1.165) is 5.56 Å². The van der Waals surface area contributed by atoms with Gasteiger partial charge in [0, 0.05) is 22.0 Å². The maximum absolute atomic E-state index is 12.9. The summed E-state index contributed by atoms with van der Waals surface area (Å²) in [5, 5.41) is 8.27. The number of hydrogen-bond donors (Lipinski definition) is 2. The average Bonchev–Trinajstić information content (AvgIpc) is 2.82. The molecule has 0 saturated heterocycles. The van der Waals surface area contributed by atoms with E-state index in [1.807, 2.05) is 30.3 Å². The molecular formula is C25H21Cl4N3O3. The number of nitrogens with one attached hydrogen (secondary N) is 2. The zero-order valence-corrected chi connectivity index (χ0v) is 21.5. The fourth-order valence-electron chi connectivity index (χ4n) is 3.01. The van der Waals surface area contributed by atoms with Crippen molar-refractivity contribution in [3.8, 4) is 5.75 Å². The number of carbonyl (C=O) groups excluding carboxylic acids is 2. The minimum Gasteiger partial charge on any atom is -0.479 e. The minimum atomic E-state index is -0.934. The lowest BCUT2D eigenvalue weighted by atomic mass is 10.1. The number of nitrogens with zero attached hydrogens (tertiary/aromatic N) is 1. The predicted octanol–water partition coefficient (Wildman–Crippen LogP) is 5.95. The molecule has 3 rings (SSSR count). The van der Waals surface area contributed by atoms with E-state index in [1.165, 1.54) is 12.3 Å². The van der Waals surface area contributed by atoms with Crippen molar-refractivity contribution in [2.75, 3.05) is 0 Å². The maximum atomic E-state index is 12.9. The predicted molar refractivity (Wildman–Crippen MR) is 141 cm³/mol. The SMILES string of the molecule is C[C@@H](Oc1ccc(Cl)cc1Cl)C(=O)N[C@@H](Cc1ccccc1)C(=O)N/N=C\c1ccc(Cl)cc1Cl.